The van der Waals surface area contributed by atoms with Crippen LogP contribution in [0, 0.1) is 0 Å². The number of amides is 1. The normalized spacial score (nSPS) is 13.0. The number of nitrogens with one attached hydrogen (secondary N) is 1. The molecule has 0 aliphatic carbocycles. The molecule has 0 saturated heterocycles. The SMILES string of the molecule is COc1ccc(-c2nnc(S[C@H](C)C(=O)NCc3ccc4c(c3)OCO4)n2Cc2ccco2)cc1. The van der Waals surface area contributed by atoms with E-state index in [0.717, 1.165) is 22.6 Å². The lowest BCUT2D eigenvalue weighted by atomic mass is 10.2. The van der Waals surface area contributed by atoms with Gasteiger partial charge in [-0.25, -0.2) is 0 Å². The molecule has 35 heavy (non-hydrogen) atoms. The van der Waals surface area contributed by atoms with Crippen molar-refractivity contribution in [3.05, 3.63) is 72.2 Å². The fourth-order valence-electron chi connectivity index (χ4n) is 3.63. The highest BCUT2D eigenvalue weighted by Crippen LogP contribution is 2.33. The molecule has 0 spiro atoms. The molecule has 5 rings (SSSR count). The highest BCUT2D eigenvalue weighted by atomic mass is 32.2. The average molecular weight is 493 g/mol. The first-order valence-corrected chi connectivity index (χ1v) is 11.9. The zero-order valence-electron chi connectivity index (χ0n) is 19.3. The maximum atomic E-state index is 12.9. The van der Waals surface area contributed by atoms with E-state index < -0.39 is 5.25 Å². The molecule has 2 aromatic heterocycles. The molecule has 0 bridgehead atoms. The van der Waals surface area contributed by atoms with Gasteiger partial charge in [-0.1, -0.05) is 17.8 Å². The van der Waals surface area contributed by atoms with Crippen LogP contribution in [0.4, 0.5) is 0 Å². The topological polar surface area (TPSA) is 101 Å². The Bertz CT molecular complexity index is 1300. The highest BCUT2D eigenvalue weighted by Gasteiger charge is 2.22. The second kappa shape index (κ2) is 10.1. The Morgan fingerprint density at radius 2 is 1.97 bits per heavy atom. The number of hydrogen-bond donors (Lipinski definition) is 1. The zero-order valence-corrected chi connectivity index (χ0v) is 20.1. The largest absolute Gasteiger partial charge is 0.497 e. The van der Waals surface area contributed by atoms with E-state index in [1.165, 1.54) is 11.8 Å². The molecule has 1 amide bonds. The summed E-state index contributed by atoms with van der Waals surface area (Å²) in [6.07, 6.45) is 1.63. The molecule has 180 valence electrons. The van der Waals surface area contributed by atoms with Crippen LogP contribution in [0.1, 0.15) is 18.2 Å². The van der Waals surface area contributed by atoms with E-state index >= 15 is 0 Å². The number of aromatic nitrogens is 3. The van der Waals surface area contributed by atoms with Crippen molar-refractivity contribution in [3.63, 3.8) is 0 Å². The van der Waals surface area contributed by atoms with Crippen LogP contribution in [0.2, 0.25) is 0 Å². The molecular weight excluding hydrogens is 468 g/mol. The lowest BCUT2D eigenvalue weighted by Crippen LogP contribution is -2.30. The number of rotatable bonds is 9. The van der Waals surface area contributed by atoms with Gasteiger partial charge in [-0.15, -0.1) is 10.2 Å². The summed E-state index contributed by atoms with van der Waals surface area (Å²) in [5, 5.41) is 12.0. The van der Waals surface area contributed by atoms with Gasteiger partial charge in [0.2, 0.25) is 12.7 Å². The Hall–Kier alpha value is -3.92. The number of carbonyl (C=O) groups is 1. The standard InChI is InChI=1S/C25H24N4O5S/c1-16(24(30)26-13-17-5-10-21-22(12-17)34-15-33-21)35-25-28-27-23(18-6-8-19(31-2)9-7-18)29(25)14-20-4-3-11-32-20/h3-12,16H,13-15H2,1-2H3,(H,26,30)/t16-/m1/s1. The first-order chi connectivity index (χ1) is 17.1. The quantitative estimate of drug-likeness (QED) is 0.348. The van der Waals surface area contributed by atoms with Crippen LogP contribution in [0.3, 0.4) is 0 Å². The first kappa shape index (κ1) is 22.9. The van der Waals surface area contributed by atoms with E-state index in [1.807, 2.05) is 66.1 Å². The molecule has 0 unspecified atom stereocenters. The van der Waals surface area contributed by atoms with Crippen LogP contribution in [0.15, 0.2) is 70.4 Å². The lowest BCUT2D eigenvalue weighted by molar-refractivity contribution is -0.120. The summed E-state index contributed by atoms with van der Waals surface area (Å²) in [6.45, 7) is 2.89. The predicted molar refractivity (Wildman–Crippen MR) is 130 cm³/mol. The Morgan fingerprint density at radius 3 is 2.74 bits per heavy atom. The Morgan fingerprint density at radius 1 is 1.14 bits per heavy atom. The van der Waals surface area contributed by atoms with Gasteiger partial charge in [-0.3, -0.25) is 9.36 Å². The maximum Gasteiger partial charge on any atom is 0.233 e. The molecule has 4 aromatic rings. The van der Waals surface area contributed by atoms with Gasteiger partial charge in [0.15, 0.2) is 22.5 Å². The van der Waals surface area contributed by atoms with Gasteiger partial charge in [0.1, 0.15) is 11.5 Å². The molecule has 3 heterocycles. The van der Waals surface area contributed by atoms with Gasteiger partial charge in [0, 0.05) is 12.1 Å². The third-order valence-corrected chi connectivity index (χ3v) is 6.59. The van der Waals surface area contributed by atoms with Crippen molar-refractivity contribution >= 4 is 17.7 Å². The minimum atomic E-state index is -0.396. The molecule has 0 fully saturated rings. The van der Waals surface area contributed by atoms with Crippen molar-refractivity contribution in [2.75, 3.05) is 13.9 Å². The van der Waals surface area contributed by atoms with Crippen molar-refractivity contribution < 1.29 is 23.4 Å². The number of thioether (sulfide) groups is 1. The molecule has 0 saturated carbocycles. The first-order valence-electron chi connectivity index (χ1n) is 11.0. The molecule has 1 N–H and O–H groups in total. The number of carbonyl (C=O) groups excluding carboxylic acids is 1. The summed E-state index contributed by atoms with van der Waals surface area (Å²) in [4.78, 5) is 12.9. The molecule has 1 atom stereocenters. The van der Waals surface area contributed by atoms with Crippen LogP contribution < -0.4 is 19.5 Å². The maximum absolute atomic E-state index is 12.9. The lowest BCUT2D eigenvalue weighted by Gasteiger charge is -2.13. The van der Waals surface area contributed by atoms with Gasteiger partial charge in [-0.05, 0) is 61.0 Å². The summed E-state index contributed by atoms with van der Waals surface area (Å²) in [6, 6.07) is 17.0. The molecule has 1 aliphatic heterocycles. The number of benzene rings is 2. The van der Waals surface area contributed by atoms with E-state index in [0.29, 0.717) is 35.6 Å². The highest BCUT2D eigenvalue weighted by molar-refractivity contribution is 8.00. The number of ether oxygens (including phenoxy) is 3. The number of hydrogen-bond acceptors (Lipinski definition) is 8. The van der Waals surface area contributed by atoms with Crippen molar-refractivity contribution in [1.82, 2.24) is 20.1 Å². The third kappa shape index (κ3) is 5.12. The van der Waals surface area contributed by atoms with E-state index in [2.05, 4.69) is 15.5 Å². The smallest absolute Gasteiger partial charge is 0.233 e. The minimum absolute atomic E-state index is 0.105. The zero-order chi connectivity index (χ0) is 24.2. The van der Waals surface area contributed by atoms with Crippen molar-refractivity contribution in [1.29, 1.82) is 0 Å². The summed E-state index contributed by atoms with van der Waals surface area (Å²) in [5.74, 6) is 3.50. The number of nitrogens with zero attached hydrogens (tertiary/aromatic N) is 3. The molecule has 0 radical (unpaired) electrons. The van der Waals surface area contributed by atoms with E-state index in [9.17, 15) is 4.79 Å². The number of methoxy groups -OCH3 is 1. The second-order valence-corrected chi connectivity index (χ2v) is 9.17. The summed E-state index contributed by atoms with van der Waals surface area (Å²) >= 11 is 1.34. The molecule has 10 heteroatoms. The Labute approximate surface area is 206 Å². The van der Waals surface area contributed by atoms with Gasteiger partial charge in [-0.2, -0.15) is 0 Å². The molecule has 9 nitrogen and oxygen atoms in total. The van der Waals surface area contributed by atoms with Gasteiger partial charge >= 0.3 is 0 Å². The summed E-state index contributed by atoms with van der Waals surface area (Å²) in [5.41, 5.74) is 1.82. The Balaban J connectivity index is 1.30. The van der Waals surface area contributed by atoms with Crippen LogP contribution in [0.25, 0.3) is 11.4 Å². The average Bonchev–Trinajstić information content (AvgIpc) is 3.65. The van der Waals surface area contributed by atoms with Crippen molar-refractivity contribution in [2.24, 2.45) is 0 Å². The monoisotopic (exact) mass is 492 g/mol. The Kier molecular flexibility index (Phi) is 6.62. The van der Waals surface area contributed by atoms with Gasteiger partial charge in [0.05, 0.1) is 25.2 Å². The second-order valence-electron chi connectivity index (χ2n) is 7.87. The van der Waals surface area contributed by atoms with E-state index in [1.54, 1.807) is 13.4 Å². The van der Waals surface area contributed by atoms with Crippen LogP contribution in [-0.2, 0) is 17.9 Å². The van der Waals surface area contributed by atoms with Crippen LogP contribution >= 0.6 is 11.8 Å². The number of fused-ring (bicyclic) bond motifs is 1. The van der Waals surface area contributed by atoms with E-state index in [-0.39, 0.29) is 12.7 Å². The van der Waals surface area contributed by atoms with Crippen molar-refractivity contribution in [3.8, 4) is 28.6 Å². The van der Waals surface area contributed by atoms with Gasteiger partial charge < -0.3 is 23.9 Å². The van der Waals surface area contributed by atoms with Crippen LogP contribution in [0.5, 0.6) is 17.2 Å². The number of furan rings is 1. The molecule has 2 aromatic carbocycles. The third-order valence-electron chi connectivity index (χ3n) is 5.51. The van der Waals surface area contributed by atoms with Crippen LogP contribution in [-0.4, -0.2) is 39.8 Å². The minimum Gasteiger partial charge on any atom is -0.497 e. The summed E-state index contributed by atoms with van der Waals surface area (Å²) < 4.78 is 23.5. The van der Waals surface area contributed by atoms with Crippen molar-refractivity contribution in [2.45, 2.75) is 30.4 Å². The summed E-state index contributed by atoms with van der Waals surface area (Å²) in [7, 11) is 1.63. The fourth-order valence-corrected chi connectivity index (χ4v) is 4.50. The molecular formula is C25H24N4O5S. The van der Waals surface area contributed by atoms with Gasteiger partial charge in [0.25, 0.3) is 0 Å². The molecule has 1 aliphatic rings. The van der Waals surface area contributed by atoms with E-state index in [4.69, 9.17) is 18.6 Å². The predicted octanol–water partition coefficient (Wildman–Crippen LogP) is 4.12. The fraction of sp³-hybridized carbons (Fsp3) is 0.240.